The Morgan fingerprint density at radius 2 is 1.50 bits per heavy atom. The number of amides is 3. The highest BCUT2D eigenvalue weighted by Gasteiger charge is 2.41. The Hall–Kier alpha value is -1.66. The van der Waals surface area contributed by atoms with Gasteiger partial charge in [0.15, 0.2) is 0 Å². The van der Waals surface area contributed by atoms with Crippen LogP contribution in [-0.4, -0.2) is 60.4 Å². The van der Waals surface area contributed by atoms with Gasteiger partial charge in [-0.05, 0) is 52.7 Å². The van der Waals surface area contributed by atoms with Crippen LogP contribution in [0.3, 0.4) is 0 Å². The molecule has 0 saturated carbocycles. The Bertz CT molecular complexity index is 911. The molecule has 1 saturated heterocycles. The lowest BCUT2D eigenvalue weighted by Crippen LogP contribution is -2.41. The summed E-state index contributed by atoms with van der Waals surface area (Å²) in [6, 6.07) is -0.140. The largest absolute Gasteiger partial charge is 0.481 e. The number of carbonyl (C=O) groups excluding carboxylic acids is 4. The van der Waals surface area contributed by atoms with E-state index in [0.717, 1.165) is 18.6 Å². The molecule has 2 N–H and O–H groups in total. The molecule has 1 aliphatic rings. The van der Waals surface area contributed by atoms with E-state index in [-0.39, 0.29) is 37.6 Å². The Labute approximate surface area is 265 Å². The SMILES string of the molecule is CCCCCCCCCCCCSC(=S)SC(CC(CC(C)(C)C(=O)ON1C(=O)CCC1=O)C(=O)O)C(=O)NC(C)C. The minimum Gasteiger partial charge on any atom is -0.481 e. The number of hydrogen-bond donors (Lipinski definition) is 2. The monoisotopic (exact) mass is 646 g/mol. The Kier molecular flexibility index (Phi) is 18.6. The first-order valence-corrected chi connectivity index (χ1v) is 17.5. The molecule has 42 heavy (non-hydrogen) atoms. The summed E-state index contributed by atoms with van der Waals surface area (Å²) in [5.41, 5.74) is -1.33. The highest BCUT2D eigenvalue weighted by Crippen LogP contribution is 2.34. The first kappa shape index (κ1) is 38.4. The molecule has 2 unspecified atom stereocenters. The van der Waals surface area contributed by atoms with Crippen molar-refractivity contribution in [2.45, 2.75) is 136 Å². The lowest BCUT2D eigenvalue weighted by Gasteiger charge is -2.28. The van der Waals surface area contributed by atoms with Crippen molar-refractivity contribution in [1.82, 2.24) is 10.4 Å². The number of unbranched alkanes of at least 4 members (excludes halogenated alkanes) is 9. The zero-order chi connectivity index (χ0) is 31.7. The number of carboxylic acids is 1. The van der Waals surface area contributed by atoms with Gasteiger partial charge in [0.05, 0.1) is 16.6 Å². The lowest BCUT2D eigenvalue weighted by molar-refractivity contribution is -0.205. The van der Waals surface area contributed by atoms with E-state index in [2.05, 4.69) is 12.2 Å². The van der Waals surface area contributed by atoms with Crippen molar-refractivity contribution in [3.63, 3.8) is 0 Å². The predicted molar refractivity (Wildman–Crippen MR) is 173 cm³/mol. The fraction of sp³-hybridized carbons (Fsp3) is 0.800. The fourth-order valence-corrected chi connectivity index (χ4v) is 7.29. The predicted octanol–water partition coefficient (Wildman–Crippen LogP) is 6.67. The van der Waals surface area contributed by atoms with Gasteiger partial charge >= 0.3 is 11.9 Å². The Morgan fingerprint density at radius 1 is 0.976 bits per heavy atom. The number of aliphatic carboxylic acids is 1. The Morgan fingerprint density at radius 3 is 2.00 bits per heavy atom. The summed E-state index contributed by atoms with van der Waals surface area (Å²) in [6.45, 7) is 8.88. The molecule has 0 spiro atoms. The van der Waals surface area contributed by atoms with Crippen LogP contribution in [0.1, 0.15) is 125 Å². The summed E-state index contributed by atoms with van der Waals surface area (Å²) in [7, 11) is 0. The number of thiocarbonyl (C=S) groups is 1. The van der Waals surface area contributed by atoms with Gasteiger partial charge in [-0.3, -0.25) is 19.2 Å². The quantitative estimate of drug-likeness (QED) is 0.0793. The van der Waals surface area contributed by atoms with E-state index < -0.39 is 40.3 Å². The van der Waals surface area contributed by atoms with Gasteiger partial charge in [-0.25, -0.2) is 4.79 Å². The van der Waals surface area contributed by atoms with Crippen LogP contribution in [0.4, 0.5) is 0 Å². The van der Waals surface area contributed by atoms with E-state index >= 15 is 0 Å². The van der Waals surface area contributed by atoms with Gasteiger partial charge in [-0.2, -0.15) is 0 Å². The number of nitrogens with zero attached hydrogens (tertiary/aromatic N) is 1. The van der Waals surface area contributed by atoms with Gasteiger partial charge in [0.1, 0.15) is 3.53 Å². The summed E-state index contributed by atoms with van der Waals surface area (Å²) in [4.78, 5) is 66.9. The number of hydroxylamine groups is 2. The molecule has 240 valence electrons. The minimum absolute atomic E-state index is 0.0364. The maximum absolute atomic E-state index is 13.0. The number of thioether (sulfide) groups is 2. The molecular formula is C30H50N2O7S3. The number of rotatable bonds is 21. The normalized spacial score (nSPS) is 15.1. The molecule has 1 heterocycles. The summed E-state index contributed by atoms with van der Waals surface area (Å²) in [5, 5.41) is 12.6. The highest BCUT2D eigenvalue weighted by atomic mass is 32.2. The molecule has 0 aliphatic carbocycles. The second kappa shape index (κ2) is 20.3. The first-order valence-electron chi connectivity index (χ1n) is 15.2. The topological polar surface area (TPSA) is 130 Å². The zero-order valence-electron chi connectivity index (χ0n) is 25.9. The molecule has 0 aromatic carbocycles. The van der Waals surface area contributed by atoms with E-state index in [0.29, 0.717) is 8.59 Å². The molecule has 0 radical (unpaired) electrons. The van der Waals surface area contributed by atoms with Crippen LogP contribution in [0.25, 0.3) is 0 Å². The average molecular weight is 647 g/mol. The van der Waals surface area contributed by atoms with E-state index in [9.17, 15) is 29.1 Å². The number of nitrogens with one attached hydrogen (secondary N) is 1. The summed E-state index contributed by atoms with van der Waals surface area (Å²) < 4.78 is 0.587. The fourth-order valence-electron chi connectivity index (χ4n) is 4.57. The number of carboxylic acid groups (broad SMARTS) is 1. The van der Waals surface area contributed by atoms with E-state index in [1.165, 1.54) is 88.7 Å². The van der Waals surface area contributed by atoms with Gasteiger partial charge in [-0.15, -0.1) is 16.8 Å². The average Bonchev–Trinajstić information content (AvgIpc) is 3.22. The van der Waals surface area contributed by atoms with E-state index in [1.54, 1.807) is 0 Å². The molecular weight excluding hydrogens is 597 g/mol. The second-order valence-electron chi connectivity index (χ2n) is 11.9. The highest BCUT2D eigenvalue weighted by molar-refractivity contribution is 8.47. The van der Waals surface area contributed by atoms with Crippen molar-refractivity contribution >= 4 is 68.9 Å². The third kappa shape index (κ3) is 15.2. The van der Waals surface area contributed by atoms with Gasteiger partial charge in [0.25, 0.3) is 11.8 Å². The van der Waals surface area contributed by atoms with Crippen molar-refractivity contribution in [3.8, 4) is 0 Å². The molecule has 1 aliphatic heterocycles. The second-order valence-corrected chi connectivity index (χ2v) is 15.4. The first-order chi connectivity index (χ1) is 19.8. The number of hydrogen-bond acceptors (Lipinski definition) is 9. The molecule has 0 aromatic heterocycles. The summed E-state index contributed by atoms with van der Waals surface area (Å²) in [5.74, 6) is -3.78. The van der Waals surface area contributed by atoms with Crippen molar-refractivity contribution in [2.75, 3.05) is 5.75 Å². The summed E-state index contributed by atoms with van der Waals surface area (Å²) >= 11 is 8.26. The van der Waals surface area contributed by atoms with Crippen molar-refractivity contribution in [3.05, 3.63) is 0 Å². The van der Waals surface area contributed by atoms with Gasteiger partial charge in [-0.1, -0.05) is 88.7 Å². The molecule has 3 amide bonds. The maximum atomic E-state index is 13.0. The van der Waals surface area contributed by atoms with Crippen molar-refractivity contribution in [1.29, 1.82) is 0 Å². The number of imide groups is 1. The van der Waals surface area contributed by atoms with Gasteiger partial charge in [0, 0.05) is 18.9 Å². The van der Waals surface area contributed by atoms with E-state index in [4.69, 9.17) is 17.1 Å². The molecule has 1 fully saturated rings. The third-order valence-electron chi connectivity index (χ3n) is 7.02. The van der Waals surface area contributed by atoms with Crippen LogP contribution in [0.15, 0.2) is 0 Å². The third-order valence-corrected chi connectivity index (χ3v) is 9.91. The van der Waals surface area contributed by atoms with Crippen molar-refractivity contribution in [2.24, 2.45) is 11.3 Å². The van der Waals surface area contributed by atoms with Crippen molar-refractivity contribution < 1.29 is 33.9 Å². The van der Waals surface area contributed by atoms with Crippen LogP contribution >= 0.6 is 35.7 Å². The van der Waals surface area contributed by atoms with Crippen LogP contribution in [0.5, 0.6) is 0 Å². The lowest BCUT2D eigenvalue weighted by atomic mass is 9.81. The molecule has 1 rings (SSSR count). The summed E-state index contributed by atoms with van der Waals surface area (Å²) in [6.07, 6.45) is 12.2. The van der Waals surface area contributed by atoms with Gasteiger partial charge in [0.2, 0.25) is 5.91 Å². The molecule has 12 heteroatoms. The standard InChI is InChI=1S/C30H50N2O7S3/c1-6-7-8-9-10-11-12-13-14-15-18-41-29(40)42-23(26(35)31-21(2)3)19-22(27(36)37)20-30(4,5)28(38)39-32-24(33)16-17-25(32)34/h21-23H,6-20H2,1-5H3,(H,31,35)(H,36,37). The van der Waals surface area contributed by atoms with Crippen LogP contribution < -0.4 is 5.32 Å². The molecule has 0 bridgehead atoms. The van der Waals surface area contributed by atoms with Crippen LogP contribution in [-0.2, 0) is 28.8 Å². The maximum Gasteiger partial charge on any atom is 0.338 e. The zero-order valence-corrected chi connectivity index (χ0v) is 28.4. The number of carbonyl (C=O) groups is 5. The van der Waals surface area contributed by atoms with Crippen LogP contribution in [0.2, 0.25) is 0 Å². The minimum atomic E-state index is -1.33. The Balaban J connectivity index is 2.66. The molecule has 2 atom stereocenters. The van der Waals surface area contributed by atoms with E-state index in [1.807, 2.05) is 13.8 Å². The van der Waals surface area contributed by atoms with Gasteiger partial charge < -0.3 is 15.3 Å². The smallest absolute Gasteiger partial charge is 0.338 e. The molecule has 9 nitrogen and oxygen atoms in total. The molecule has 0 aromatic rings. The van der Waals surface area contributed by atoms with Crippen LogP contribution in [0, 0.1) is 11.3 Å².